The average Bonchev–Trinajstić information content (AvgIpc) is 2.36. The lowest BCUT2D eigenvalue weighted by atomic mass is 9.95. The number of benzene rings is 1. The summed E-state index contributed by atoms with van der Waals surface area (Å²) in [6.07, 6.45) is 4.77. The molecule has 1 N–H and O–H groups in total. The molecule has 4 nitrogen and oxygen atoms in total. The van der Waals surface area contributed by atoms with Gasteiger partial charge < -0.3 is 5.32 Å². The van der Waals surface area contributed by atoms with Crippen molar-refractivity contribution in [3.63, 3.8) is 0 Å². The highest BCUT2D eigenvalue weighted by atomic mass is 19.2. The summed E-state index contributed by atoms with van der Waals surface area (Å²) in [5, 5.41) is 13.6. The fourth-order valence-corrected chi connectivity index (χ4v) is 2.28. The third-order valence-corrected chi connectivity index (χ3v) is 3.22. The predicted molar refractivity (Wildman–Crippen MR) is 63.5 cm³/mol. The Morgan fingerprint density at radius 1 is 1.22 bits per heavy atom. The monoisotopic (exact) mass is 256 g/mol. The van der Waals surface area contributed by atoms with Crippen LogP contribution in [0.15, 0.2) is 12.1 Å². The van der Waals surface area contributed by atoms with E-state index < -0.39 is 22.2 Å². The van der Waals surface area contributed by atoms with Crippen LogP contribution < -0.4 is 5.32 Å². The molecule has 1 saturated carbocycles. The van der Waals surface area contributed by atoms with E-state index in [1.165, 1.54) is 0 Å². The topological polar surface area (TPSA) is 55.2 Å². The normalized spacial score (nSPS) is 16.6. The number of nitrogens with one attached hydrogen (secondary N) is 1. The van der Waals surface area contributed by atoms with Crippen LogP contribution >= 0.6 is 0 Å². The van der Waals surface area contributed by atoms with Crippen LogP contribution in [-0.2, 0) is 0 Å². The Labute approximate surface area is 103 Å². The highest BCUT2D eigenvalue weighted by Crippen LogP contribution is 2.31. The highest BCUT2D eigenvalue weighted by molar-refractivity contribution is 5.63. The molecule has 0 aliphatic heterocycles. The molecule has 1 fully saturated rings. The van der Waals surface area contributed by atoms with Gasteiger partial charge in [0.2, 0.25) is 0 Å². The van der Waals surface area contributed by atoms with Crippen LogP contribution in [0.1, 0.15) is 32.1 Å². The molecule has 0 spiro atoms. The summed E-state index contributed by atoms with van der Waals surface area (Å²) in [5.41, 5.74) is -0.744. The lowest BCUT2D eigenvalue weighted by Gasteiger charge is -2.23. The Kier molecular flexibility index (Phi) is 3.74. The Balaban J connectivity index is 2.29. The molecule has 2 rings (SSSR count). The average molecular weight is 256 g/mol. The highest BCUT2D eigenvalue weighted by Gasteiger charge is 2.24. The van der Waals surface area contributed by atoms with Gasteiger partial charge in [0.1, 0.15) is 0 Å². The number of nitro benzene ring substituents is 1. The summed E-state index contributed by atoms with van der Waals surface area (Å²) in [6, 6.07) is 1.75. The summed E-state index contributed by atoms with van der Waals surface area (Å²) < 4.78 is 26.8. The van der Waals surface area contributed by atoms with E-state index in [2.05, 4.69) is 5.32 Å². The minimum absolute atomic E-state index is 0.0197. The minimum atomic E-state index is -1.17. The zero-order valence-electron chi connectivity index (χ0n) is 9.79. The van der Waals surface area contributed by atoms with Crippen LogP contribution in [0.4, 0.5) is 20.2 Å². The number of hydrogen-bond donors (Lipinski definition) is 1. The Morgan fingerprint density at radius 3 is 2.50 bits per heavy atom. The molecule has 0 radical (unpaired) electrons. The molecule has 98 valence electrons. The van der Waals surface area contributed by atoms with E-state index in [0.29, 0.717) is 0 Å². The van der Waals surface area contributed by atoms with E-state index in [1.54, 1.807) is 0 Å². The second-order valence-electron chi connectivity index (χ2n) is 4.49. The fraction of sp³-hybridized carbons (Fsp3) is 0.500. The molecule has 0 aromatic heterocycles. The quantitative estimate of drug-likeness (QED) is 0.663. The van der Waals surface area contributed by atoms with Crippen LogP contribution in [0.2, 0.25) is 0 Å². The van der Waals surface area contributed by atoms with Crippen LogP contribution in [0.25, 0.3) is 0 Å². The maximum Gasteiger partial charge on any atom is 0.295 e. The SMILES string of the molecule is O=[N+]([O-])c1ccc(F)c(F)c1NC1CCCCC1. The van der Waals surface area contributed by atoms with Gasteiger partial charge in [0.15, 0.2) is 17.3 Å². The molecule has 0 unspecified atom stereocenters. The summed E-state index contributed by atoms with van der Waals surface area (Å²) in [6.45, 7) is 0. The first-order valence-electron chi connectivity index (χ1n) is 5.98. The second kappa shape index (κ2) is 5.29. The lowest BCUT2D eigenvalue weighted by Crippen LogP contribution is -2.23. The van der Waals surface area contributed by atoms with Crippen LogP contribution in [0, 0.1) is 21.7 Å². The van der Waals surface area contributed by atoms with Crippen molar-refractivity contribution < 1.29 is 13.7 Å². The van der Waals surface area contributed by atoms with E-state index in [4.69, 9.17) is 0 Å². The van der Waals surface area contributed by atoms with Gasteiger partial charge in [-0.2, -0.15) is 0 Å². The van der Waals surface area contributed by atoms with E-state index in [1.807, 2.05) is 0 Å². The van der Waals surface area contributed by atoms with Crippen LogP contribution in [0.5, 0.6) is 0 Å². The molecule has 0 saturated heterocycles. The van der Waals surface area contributed by atoms with Gasteiger partial charge in [0, 0.05) is 12.1 Å². The molecular weight excluding hydrogens is 242 g/mol. The minimum Gasteiger partial charge on any atom is -0.374 e. The Hall–Kier alpha value is -1.72. The van der Waals surface area contributed by atoms with Gasteiger partial charge >= 0.3 is 0 Å². The van der Waals surface area contributed by atoms with Crippen molar-refractivity contribution in [2.75, 3.05) is 5.32 Å². The van der Waals surface area contributed by atoms with Gasteiger partial charge in [-0.1, -0.05) is 19.3 Å². The summed E-state index contributed by atoms with van der Waals surface area (Å²) in [4.78, 5) is 10.1. The fourth-order valence-electron chi connectivity index (χ4n) is 2.28. The number of rotatable bonds is 3. The molecule has 1 aromatic carbocycles. The third-order valence-electron chi connectivity index (χ3n) is 3.22. The molecule has 1 aliphatic rings. The number of nitrogens with zero attached hydrogens (tertiary/aromatic N) is 1. The number of nitro groups is 1. The van der Waals surface area contributed by atoms with E-state index >= 15 is 0 Å². The van der Waals surface area contributed by atoms with Crippen molar-refractivity contribution in [3.8, 4) is 0 Å². The standard InChI is InChI=1S/C12H14F2N2O2/c13-9-6-7-10(16(17)18)12(11(9)14)15-8-4-2-1-3-5-8/h6-8,15H,1-5H2. The van der Waals surface area contributed by atoms with Crippen LogP contribution in [-0.4, -0.2) is 11.0 Å². The van der Waals surface area contributed by atoms with Crippen LogP contribution in [0.3, 0.4) is 0 Å². The van der Waals surface area contributed by atoms with Gasteiger partial charge in [0.05, 0.1) is 4.92 Å². The van der Waals surface area contributed by atoms with E-state index in [9.17, 15) is 18.9 Å². The van der Waals surface area contributed by atoms with Gasteiger partial charge in [-0.15, -0.1) is 0 Å². The van der Waals surface area contributed by atoms with E-state index in [0.717, 1.165) is 44.2 Å². The van der Waals surface area contributed by atoms with Crippen molar-refractivity contribution in [2.45, 2.75) is 38.1 Å². The summed E-state index contributed by atoms with van der Waals surface area (Å²) in [7, 11) is 0. The zero-order chi connectivity index (χ0) is 13.1. The number of halogens is 2. The molecule has 6 heteroatoms. The molecular formula is C12H14F2N2O2. The first-order chi connectivity index (χ1) is 8.59. The lowest BCUT2D eigenvalue weighted by molar-refractivity contribution is -0.384. The van der Waals surface area contributed by atoms with Crippen molar-refractivity contribution in [1.82, 2.24) is 0 Å². The summed E-state index contributed by atoms with van der Waals surface area (Å²) in [5.74, 6) is -2.24. The zero-order valence-corrected chi connectivity index (χ0v) is 9.79. The van der Waals surface area contributed by atoms with Crippen molar-refractivity contribution in [1.29, 1.82) is 0 Å². The first-order valence-corrected chi connectivity index (χ1v) is 5.98. The maximum atomic E-state index is 13.6. The van der Waals surface area contributed by atoms with Gasteiger partial charge in [0.25, 0.3) is 5.69 Å². The molecule has 0 amide bonds. The van der Waals surface area contributed by atoms with Crippen molar-refractivity contribution in [2.24, 2.45) is 0 Å². The molecule has 1 aliphatic carbocycles. The van der Waals surface area contributed by atoms with Gasteiger partial charge in [-0.25, -0.2) is 8.78 Å². The van der Waals surface area contributed by atoms with Gasteiger partial charge in [-0.05, 0) is 18.9 Å². The Bertz CT molecular complexity index is 460. The molecule has 0 heterocycles. The predicted octanol–water partition coefficient (Wildman–Crippen LogP) is 3.62. The second-order valence-corrected chi connectivity index (χ2v) is 4.49. The maximum absolute atomic E-state index is 13.6. The van der Waals surface area contributed by atoms with Crippen molar-refractivity contribution >= 4 is 11.4 Å². The first kappa shape index (κ1) is 12.7. The molecule has 18 heavy (non-hydrogen) atoms. The molecule has 0 bridgehead atoms. The molecule has 1 aromatic rings. The number of anilines is 1. The number of hydrogen-bond acceptors (Lipinski definition) is 3. The third kappa shape index (κ3) is 2.57. The molecule has 0 atom stereocenters. The summed E-state index contributed by atoms with van der Waals surface area (Å²) >= 11 is 0. The Morgan fingerprint density at radius 2 is 1.89 bits per heavy atom. The van der Waals surface area contributed by atoms with Crippen molar-refractivity contribution in [3.05, 3.63) is 33.9 Å². The van der Waals surface area contributed by atoms with Gasteiger partial charge in [-0.3, -0.25) is 10.1 Å². The van der Waals surface area contributed by atoms with E-state index in [-0.39, 0.29) is 11.7 Å². The smallest absolute Gasteiger partial charge is 0.295 e. The largest absolute Gasteiger partial charge is 0.374 e.